The van der Waals surface area contributed by atoms with Crippen molar-refractivity contribution < 1.29 is 18.0 Å². The molecule has 0 radical (unpaired) electrons. The first-order chi connectivity index (χ1) is 11.9. The Morgan fingerprint density at radius 3 is 2.48 bits per heavy atom. The molecule has 0 unspecified atom stereocenters. The number of hydrogen-bond acceptors (Lipinski definition) is 1. The predicted molar refractivity (Wildman–Crippen MR) is 91.3 cm³/mol. The monoisotopic (exact) mass is 339 g/mol. The van der Waals surface area contributed by atoms with Crippen LogP contribution in [0.3, 0.4) is 0 Å². The summed E-state index contributed by atoms with van der Waals surface area (Å²) >= 11 is 0. The van der Waals surface area contributed by atoms with E-state index in [2.05, 4.69) is 11.2 Å². The molecule has 0 heterocycles. The molecule has 25 heavy (non-hydrogen) atoms. The van der Waals surface area contributed by atoms with Gasteiger partial charge in [-0.1, -0.05) is 30.2 Å². The van der Waals surface area contributed by atoms with E-state index in [-0.39, 0.29) is 5.69 Å². The van der Waals surface area contributed by atoms with Gasteiger partial charge in [-0.25, -0.2) is 0 Å². The minimum Gasteiger partial charge on any atom is -0.322 e. The fourth-order valence-electron chi connectivity index (χ4n) is 2.54. The number of hydrogen-bond donors (Lipinski definition) is 1. The maximum atomic E-state index is 12.8. The number of benzene rings is 3. The Hall–Kier alpha value is -3.26. The molecule has 5 heteroatoms. The van der Waals surface area contributed by atoms with E-state index in [0.717, 1.165) is 17.5 Å². The van der Waals surface area contributed by atoms with Crippen molar-refractivity contribution >= 4 is 22.4 Å². The van der Waals surface area contributed by atoms with Gasteiger partial charge in [0.1, 0.15) is 0 Å². The molecule has 0 atom stereocenters. The van der Waals surface area contributed by atoms with E-state index in [1.54, 1.807) is 30.3 Å². The van der Waals surface area contributed by atoms with Crippen LogP contribution in [0.5, 0.6) is 0 Å². The minimum absolute atomic E-state index is 0.0806. The van der Waals surface area contributed by atoms with Crippen molar-refractivity contribution in [3.63, 3.8) is 0 Å². The van der Waals surface area contributed by atoms with Gasteiger partial charge in [0.2, 0.25) is 0 Å². The quantitative estimate of drug-likeness (QED) is 0.647. The van der Waals surface area contributed by atoms with Crippen LogP contribution in [-0.2, 0) is 6.18 Å². The van der Waals surface area contributed by atoms with Crippen molar-refractivity contribution in [2.75, 3.05) is 5.32 Å². The van der Waals surface area contributed by atoms with Gasteiger partial charge in [0.25, 0.3) is 5.91 Å². The third kappa shape index (κ3) is 3.48. The van der Waals surface area contributed by atoms with Crippen LogP contribution in [0.4, 0.5) is 18.9 Å². The molecule has 3 rings (SSSR count). The molecular weight excluding hydrogens is 327 g/mol. The van der Waals surface area contributed by atoms with Gasteiger partial charge in [0.05, 0.1) is 5.56 Å². The average molecular weight is 339 g/mol. The Morgan fingerprint density at radius 1 is 1.00 bits per heavy atom. The number of carbonyl (C=O) groups is 1. The number of fused-ring (bicyclic) bond motifs is 1. The summed E-state index contributed by atoms with van der Waals surface area (Å²) in [5.41, 5.74) is 0.306. The number of carbonyl (C=O) groups excluding carboxylic acids is 1. The highest BCUT2D eigenvalue weighted by Crippen LogP contribution is 2.31. The minimum atomic E-state index is -4.47. The molecule has 3 aromatic carbocycles. The number of alkyl halides is 3. The van der Waals surface area contributed by atoms with Crippen molar-refractivity contribution in [3.8, 4) is 12.3 Å². The third-order valence-electron chi connectivity index (χ3n) is 3.74. The summed E-state index contributed by atoms with van der Waals surface area (Å²) in [4.78, 5) is 12.5. The lowest BCUT2D eigenvalue weighted by Gasteiger charge is -2.11. The molecule has 1 amide bonds. The summed E-state index contributed by atoms with van der Waals surface area (Å²) in [6.45, 7) is 0. The fourth-order valence-corrected chi connectivity index (χ4v) is 2.54. The van der Waals surface area contributed by atoms with Crippen LogP contribution < -0.4 is 5.32 Å². The Kier molecular flexibility index (Phi) is 4.20. The summed E-state index contributed by atoms with van der Waals surface area (Å²) in [7, 11) is 0. The highest BCUT2D eigenvalue weighted by molar-refractivity contribution is 6.13. The zero-order valence-corrected chi connectivity index (χ0v) is 12.9. The SMILES string of the molecule is C#Cc1ccc2c(C(=O)Nc3cccc(C(F)(F)F)c3)cccc2c1. The van der Waals surface area contributed by atoms with Crippen molar-refractivity contribution in [1.82, 2.24) is 0 Å². The second-order valence-electron chi connectivity index (χ2n) is 5.42. The predicted octanol–water partition coefficient (Wildman–Crippen LogP) is 5.09. The molecule has 0 aliphatic rings. The normalized spacial score (nSPS) is 11.1. The van der Waals surface area contributed by atoms with Gasteiger partial charge in [-0.05, 0) is 47.2 Å². The van der Waals surface area contributed by atoms with Crippen LogP contribution in [0, 0.1) is 12.3 Å². The van der Waals surface area contributed by atoms with E-state index in [0.29, 0.717) is 16.5 Å². The molecule has 0 saturated heterocycles. The van der Waals surface area contributed by atoms with Gasteiger partial charge < -0.3 is 5.32 Å². The van der Waals surface area contributed by atoms with Crippen LogP contribution >= 0.6 is 0 Å². The molecule has 0 aromatic heterocycles. The average Bonchev–Trinajstić information content (AvgIpc) is 2.60. The summed E-state index contributed by atoms with van der Waals surface area (Å²) in [5.74, 6) is 2.03. The molecule has 0 aliphatic carbocycles. The number of nitrogens with one attached hydrogen (secondary N) is 1. The summed E-state index contributed by atoms with van der Waals surface area (Å²) in [6.07, 6.45) is 0.902. The van der Waals surface area contributed by atoms with E-state index in [4.69, 9.17) is 6.42 Å². The van der Waals surface area contributed by atoms with E-state index < -0.39 is 17.6 Å². The second kappa shape index (κ2) is 6.33. The fraction of sp³-hybridized carbons (Fsp3) is 0.0500. The van der Waals surface area contributed by atoms with Gasteiger partial charge in [0, 0.05) is 16.8 Å². The van der Waals surface area contributed by atoms with E-state index in [9.17, 15) is 18.0 Å². The number of anilines is 1. The highest BCUT2D eigenvalue weighted by Gasteiger charge is 2.30. The summed E-state index contributed by atoms with van der Waals surface area (Å²) in [6, 6.07) is 14.9. The Balaban J connectivity index is 1.95. The lowest BCUT2D eigenvalue weighted by Crippen LogP contribution is -2.13. The highest BCUT2D eigenvalue weighted by atomic mass is 19.4. The molecule has 0 saturated carbocycles. The zero-order valence-electron chi connectivity index (χ0n) is 12.9. The molecule has 3 aromatic rings. The lowest BCUT2D eigenvalue weighted by molar-refractivity contribution is -0.137. The van der Waals surface area contributed by atoms with Crippen LogP contribution in [0.2, 0.25) is 0 Å². The topological polar surface area (TPSA) is 29.1 Å². The van der Waals surface area contributed by atoms with Crippen molar-refractivity contribution in [3.05, 3.63) is 77.4 Å². The van der Waals surface area contributed by atoms with Crippen LogP contribution in [0.25, 0.3) is 10.8 Å². The largest absolute Gasteiger partial charge is 0.416 e. The first-order valence-corrected chi connectivity index (χ1v) is 7.36. The zero-order chi connectivity index (χ0) is 18.0. The molecule has 124 valence electrons. The number of terminal acetylenes is 1. The van der Waals surface area contributed by atoms with Crippen molar-refractivity contribution in [1.29, 1.82) is 0 Å². The van der Waals surface area contributed by atoms with Gasteiger partial charge in [-0.2, -0.15) is 13.2 Å². The van der Waals surface area contributed by atoms with E-state index >= 15 is 0 Å². The molecule has 1 N–H and O–H groups in total. The van der Waals surface area contributed by atoms with Gasteiger partial charge in [-0.3, -0.25) is 4.79 Å². The summed E-state index contributed by atoms with van der Waals surface area (Å²) in [5, 5.41) is 3.97. The van der Waals surface area contributed by atoms with Crippen molar-refractivity contribution in [2.24, 2.45) is 0 Å². The van der Waals surface area contributed by atoms with Crippen LogP contribution in [-0.4, -0.2) is 5.91 Å². The molecule has 0 spiro atoms. The molecule has 0 fully saturated rings. The number of rotatable bonds is 2. The standard InChI is InChI=1S/C20H12F3NO/c1-2-13-9-10-17-14(11-13)5-3-8-18(17)19(25)24-16-7-4-6-15(12-16)20(21,22)23/h1,3-12H,(H,24,25). The smallest absolute Gasteiger partial charge is 0.322 e. The van der Waals surface area contributed by atoms with Gasteiger partial charge in [-0.15, -0.1) is 6.42 Å². The Labute approximate surface area is 142 Å². The molecule has 0 aliphatic heterocycles. The first-order valence-electron chi connectivity index (χ1n) is 7.36. The van der Waals surface area contributed by atoms with Crippen LogP contribution in [0.1, 0.15) is 21.5 Å². The Morgan fingerprint density at radius 2 is 1.76 bits per heavy atom. The summed E-state index contributed by atoms with van der Waals surface area (Å²) < 4.78 is 38.3. The van der Waals surface area contributed by atoms with Gasteiger partial charge in [0.15, 0.2) is 0 Å². The van der Waals surface area contributed by atoms with Crippen LogP contribution in [0.15, 0.2) is 60.7 Å². The Bertz CT molecular complexity index is 1000. The third-order valence-corrected chi connectivity index (χ3v) is 3.74. The maximum absolute atomic E-state index is 12.8. The number of amides is 1. The van der Waals surface area contributed by atoms with Crippen molar-refractivity contribution in [2.45, 2.75) is 6.18 Å². The van der Waals surface area contributed by atoms with E-state index in [1.165, 1.54) is 12.1 Å². The van der Waals surface area contributed by atoms with E-state index in [1.807, 2.05) is 6.07 Å². The second-order valence-corrected chi connectivity index (χ2v) is 5.42. The molecule has 2 nitrogen and oxygen atoms in total. The number of halogens is 3. The first kappa shape index (κ1) is 16.6. The maximum Gasteiger partial charge on any atom is 0.416 e. The molecule has 0 bridgehead atoms. The molecular formula is C20H12F3NO. The lowest BCUT2D eigenvalue weighted by atomic mass is 10.0. The van der Waals surface area contributed by atoms with Gasteiger partial charge >= 0.3 is 6.18 Å².